The van der Waals surface area contributed by atoms with E-state index < -0.39 is 29.2 Å². The minimum absolute atomic E-state index is 0.118. The van der Waals surface area contributed by atoms with Crippen molar-refractivity contribution >= 4 is 11.4 Å². The summed E-state index contributed by atoms with van der Waals surface area (Å²) in [5.74, 6) is -6.73. The number of pyridine rings is 1. The minimum Gasteiger partial charge on any atom is -0.379 e. The van der Waals surface area contributed by atoms with Crippen molar-refractivity contribution in [3.8, 4) is 0 Å². The van der Waals surface area contributed by atoms with Gasteiger partial charge in [0.15, 0.2) is 0 Å². The van der Waals surface area contributed by atoms with Crippen LogP contribution in [0.2, 0.25) is 0 Å². The fraction of sp³-hybridized carbons (Fsp3) is 0.353. The fourth-order valence-corrected chi connectivity index (χ4v) is 2.86. The second-order valence-corrected chi connectivity index (χ2v) is 5.93. The van der Waals surface area contributed by atoms with Crippen molar-refractivity contribution in [1.29, 1.82) is 0 Å². The molecule has 2 heterocycles. The second kappa shape index (κ2) is 7.86. The largest absolute Gasteiger partial charge is 0.379 e. The van der Waals surface area contributed by atoms with Crippen molar-refractivity contribution in [3.05, 3.63) is 53.6 Å². The molecule has 1 aromatic heterocycles. The van der Waals surface area contributed by atoms with Crippen LogP contribution >= 0.6 is 0 Å². The quantitative estimate of drug-likeness (QED) is 0.646. The highest BCUT2D eigenvalue weighted by Crippen LogP contribution is 2.22. The molecular weight excluding hydrogens is 355 g/mol. The number of hydrogen-bond donors (Lipinski definition) is 1. The Hall–Kier alpha value is -2.42. The molecule has 1 N–H and O–H groups in total. The Morgan fingerprint density at radius 2 is 1.42 bits per heavy atom. The van der Waals surface area contributed by atoms with Gasteiger partial charge in [-0.25, -0.2) is 4.39 Å². The number of benzene rings is 1. The van der Waals surface area contributed by atoms with E-state index in [1.54, 1.807) is 12.1 Å². The molecule has 3 rings (SSSR count). The van der Waals surface area contributed by atoms with Crippen LogP contribution < -0.4 is 10.2 Å². The van der Waals surface area contributed by atoms with Crippen LogP contribution in [-0.2, 0) is 0 Å². The van der Waals surface area contributed by atoms with Crippen LogP contribution in [0.4, 0.5) is 33.3 Å². The van der Waals surface area contributed by atoms with Gasteiger partial charge in [0.2, 0.25) is 11.6 Å². The average Bonchev–Trinajstić information content (AvgIpc) is 2.64. The Kier molecular flexibility index (Phi) is 5.55. The summed E-state index contributed by atoms with van der Waals surface area (Å²) in [5, 5.41) is 2.39. The van der Waals surface area contributed by atoms with E-state index in [2.05, 4.69) is 20.1 Å². The van der Waals surface area contributed by atoms with Gasteiger partial charge in [-0.3, -0.25) is 4.90 Å². The summed E-state index contributed by atoms with van der Waals surface area (Å²) >= 11 is 0. The smallest absolute Gasteiger partial charge is 0.253 e. The van der Waals surface area contributed by atoms with Gasteiger partial charge in [0.1, 0.15) is 11.5 Å². The number of rotatable bonds is 5. The van der Waals surface area contributed by atoms with Crippen LogP contribution in [0, 0.1) is 29.3 Å². The normalized spacial score (nSPS) is 15.3. The molecule has 0 amide bonds. The van der Waals surface area contributed by atoms with Crippen molar-refractivity contribution in [2.45, 2.75) is 0 Å². The van der Waals surface area contributed by atoms with Gasteiger partial charge in [-0.1, -0.05) is 0 Å². The number of anilines is 2. The highest BCUT2D eigenvalue weighted by molar-refractivity contribution is 5.47. The summed E-state index contributed by atoms with van der Waals surface area (Å²) in [6, 6.07) is 6.23. The molecule has 0 bridgehead atoms. The Balaban J connectivity index is 1.50. The lowest BCUT2D eigenvalue weighted by molar-refractivity contribution is 0.267. The first-order valence-corrected chi connectivity index (χ1v) is 8.12. The zero-order valence-corrected chi connectivity index (χ0v) is 13.8. The molecule has 4 nitrogen and oxygen atoms in total. The van der Waals surface area contributed by atoms with Crippen molar-refractivity contribution in [2.24, 2.45) is 0 Å². The average molecular weight is 372 g/mol. The molecular formula is C17H17F5N4. The molecule has 0 atom stereocenters. The first-order valence-electron chi connectivity index (χ1n) is 8.12. The lowest BCUT2D eigenvalue weighted by Crippen LogP contribution is -2.47. The number of aromatic nitrogens is 1. The molecule has 1 fully saturated rings. The van der Waals surface area contributed by atoms with Crippen LogP contribution in [0.1, 0.15) is 0 Å². The Morgan fingerprint density at radius 1 is 0.846 bits per heavy atom. The summed E-state index contributed by atoms with van der Waals surface area (Å²) in [6.45, 7) is 3.39. The van der Waals surface area contributed by atoms with Crippen molar-refractivity contribution < 1.29 is 22.0 Å². The van der Waals surface area contributed by atoms with Crippen molar-refractivity contribution in [1.82, 2.24) is 9.88 Å². The van der Waals surface area contributed by atoms with Crippen LogP contribution in [0.3, 0.4) is 0 Å². The molecule has 1 saturated heterocycles. The van der Waals surface area contributed by atoms with E-state index >= 15 is 0 Å². The van der Waals surface area contributed by atoms with E-state index in [9.17, 15) is 22.0 Å². The highest BCUT2D eigenvalue weighted by Gasteiger charge is 2.21. The van der Waals surface area contributed by atoms with Gasteiger partial charge < -0.3 is 10.2 Å². The van der Waals surface area contributed by atoms with E-state index in [1.165, 1.54) is 12.1 Å². The Morgan fingerprint density at radius 3 is 2.00 bits per heavy atom. The predicted octanol–water partition coefficient (Wildman–Crippen LogP) is 3.01. The zero-order chi connectivity index (χ0) is 18.7. The van der Waals surface area contributed by atoms with Gasteiger partial charge >= 0.3 is 0 Å². The molecule has 0 saturated carbocycles. The van der Waals surface area contributed by atoms with Gasteiger partial charge in [0, 0.05) is 45.0 Å². The second-order valence-electron chi connectivity index (χ2n) is 5.93. The molecule has 9 heteroatoms. The summed E-state index contributed by atoms with van der Waals surface area (Å²) in [5.41, 5.74) is 0.0796. The van der Waals surface area contributed by atoms with Gasteiger partial charge in [-0.15, -0.1) is 0 Å². The summed E-state index contributed by atoms with van der Waals surface area (Å²) < 4.78 is 66.1. The molecule has 2 aromatic rings. The van der Waals surface area contributed by atoms with Gasteiger partial charge in [0.25, 0.3) is 11.9 Å². The monoisotopic (exact) mass is 372 g/mol. The third-order valence-electron chi connectivity index (χ3n) is 4.29. The third-order valence-corrected chi connectivity index (χ3v) is 4.29. The summed E-state index contributed by atoms with van der Waals surface area (Å²) in [7, 11) is 0. The maximum absolute atomic E-state index is 13.5. The van der Waals surface area contributed by atoms with Gasteiger partial charge in [0.05, 0.1) is 0 Å². The Bertz CT molecular complexity index is 734. The van der Waals surface area contributed by atoms with Crippen molar-refractivity contribution in [2.75, 3.05) is 49.5 Å². The number of halogens is 5. The van der Waals surface area contributed by atoms with Crippen LogP contribution in [-0.4, -0.2) is 49.2 Å². The van der Waals surface area contributed by atoms with E-state index in [1.807, 2.05) is 0 Å². The number of hydrogen-bond acceptors (Lipinski definition) is 4. The summed E-state index contributed by atoms with van der Waals surface area (Å²) in [4.78, 5) is 6.67. The molecule has 0 aliphatic carbocycles. The SMILES string of the molecule is Fc1ccc(N2CCN(CCNc3c(F)c(F)nc(F)c3F)CC2)cc1. The van der Waals surface area contributed by atoms with Crippen LogP contribution in [0.25, 0.3) is 0 Å². The topological polar surface area (TPSA) is 31.4 Å². The first kappa shape index (κ1) is 18.4. The summed E-state index contributed by atoms with van der Waals surface area (Å²) in [6.07, 6.45) is 0. The van der Waals surface area contributed by atoms with Gasteiger partial charge in [-0.2, -0.15) is 22.5 Å². The zero-order valence-electron chi connectivity index (χ0n) is 13.8. The number of piperazine rings is 1. The molecule has 1 aromatic carbocycles. The van der Waals surface area contributed by atoms with E-state index in [-0.39, 0.29) is 12.4 Å². The highest BCUT2D eigenvalue weighted by atomic mass is 19.2. The first-order chi connectivity index (χ1) is 12.5. The van der Waals surface area contributed by atoms with Crippen molar-refractivity contribution in [3.63, 3.8) is 0 Å². The van der Waals surface area contributed by atoms with E-state index in [4.69, 9.17) is 0 Å². The van der Waals surface area contributed by atoms with Gasteiger partial charge in [-0.05, 0) is 24.3 Å². The molecule has 1 aliphatic rings. The maximum atomic E-state index is 13.5. The van der Waals surface area contributed by atoms with Crippen LogP contribution in [0.5, 0.6) is 0 Å². The molecule has 0 unspecified atom stereocenters. The van der Waals surface area contributed by atoms with Crippen LogP contribution in [0.15, 0.2) is 24.3 Å². The minimum atomic E-state index is -1.68. The number of nitrogens with one attached hydrogen (secondary N) is 1. The maximum Gasteiger partial charge on any atom is 0.253 e. The molecule has 140 valence electrons. The molecule has 26 heavy (non-hydrogen) atoms. The lowest BCUT2D eigenvalue weighted by atomic mass is 10.2. The van der Waals surface area contributed by atoms with E-state index in [0.717, 1.165) is 5.69 Å². The van der Waals surface area contributed by atoms with E-state index in [0.29, 0.717) is 32.7 Å². The fourth-order valence-electron chi connectivity index (χ4n) is 2.86. The molecule has 1 aliphatic heterocycles. The standard InChI is InChI=1S/C17H17F5N4/c18-11-1-3-12(4-2-11)26-9-7-25(8-10-26)6-5-23-15-13(19)16(21)24-17(22)14(15)20/h1-4H,5-10H2,(H,23,24). The molecule has 0 spiro atoms. The lowest BCUT2D eigenvalue weighted by Gasteiger charge is -2.36. The predicted molar refractivity (Wildman–Crippen MR) is 87.6 cm³/mol. The molecule has 0 radical (unpaired) electrons. The number of nitrogens with zero attached hydrogens (tertiary/aromatic N) is 3. The third kappa shape index (κ3) is 4.04. The Labute approximate surface area is 147 Å².